The van der Waals surface area contributed by atoms with Crippen molar-refractivity contribution in [3.8, 4) is 0 Å². The van der Waals surface area contributed by atoms with E-state index >= 15 is 0 Å². The lowest BCUT2D eigenvalue weighted by Gasteiger charge is -2.27. The standard InChI is InChI=1S/C13H23N3O4/c1-8(2)16(7-6-11(17)18)13(20)14-9(3)12(19)15-10-4-5-10/h8-10H,4-7H2,1-3H3,(H,14,20)(H,15,19)(H,17,18). The van der Waals surface area contributed by atoms with E-state index in [1.165, 1.54) is 4.90 Å². The molecule has 114 valence electrons. The molecular weight excluding hydrogens is 262 g/mol. The smallest absolute Gasteiger partial charge is 0.318 e. The van der Waals surface area contributed by atoms with Crippen molar-refractivity contribution in [2.24, 2.45) is 0 Å². The van der Waals surface area contributed by atoms with Gasteiger partial charge in [-0.05, 0) is 33.6 Å². The van der Waals surface area contributed by atoms with Crippen LogP contribution < -0.4 is 10.6 Å². The van der Waals surface area contributed by atoms with E-state index in [1.54, 1.807) is 20.8 Å². The van der Waals surface area contributed by atoms with E-state index in [0.29, 0.717) is 0 Å². The number of hydrogen-bond acceptors (Lipinski definition) is 3. The lowest BCUT2D eigenvalue weighted by Crippen LogP contribution is -2.52. The Morgan fingerprint density at radius 2 is 1.85 bits per heavy atom. The summed E-state index contributed by atoms with van der Waals surface area (Å²) in [6.45, 7) is 5.34. The van der Waals surface area contributed by atoms with Crippen LogP contribution in [0.15, 0.2) is 0 Å². The highest BCUT2D eigenvalue weighted by atomic mass is 16.4. The molecule has 7 nitrogen and oxygen atoms in total. The fourth-order valence-corrected chi connectivity index (χ4v) is 1.70. The molecule has 1 atom stereocenters. The van der Waals surface area contributed by atoms with Crippen molar-refractivity contribution in [3.05, 3.63) is 0 Å². The van der Waals surface area contributed by atoms with Crippen LogP contribution in [0.4, 0.5) is 4.79 Å². The van der Waals surface area contributed by atoms with Crippen molar-refractivity contribution >= 4 is 17.9 Å². The quantitative estimate of drug-likeness (QED) is 0.636. The van der Waals surface area contributed by atoms with Gasteiger partial charge in [-0.3, -0.25) is 9.59 Å². The van der Waals surface area contributed by atoms with Gasteiger partial charge < -0.3 is 20.6 Å². The van der Waals surface area contributed by atoms with Crippen molar-refractivity contribution in [1.29, 1.82) is 0 Å². The molecule has 0 saturated heterocycles. The van der Waals surface area contributed by atoms with Gasteiger partial charge in [-0.1, -0.05) is 0 Å². The predicted octanol–water partition coefficient (Wildman–Crippen LogP) is 0.548. The first-order chi connectivity index (χ1) is 9.31. The highest BCUT2D eigenvalue weighted by Gasteiger charge is 2.27. The summed E-state index contributed by atoms with van der Waals surface area (Å²) in [5.74, 6) is -1.16. The zero-order chi connectivity index (χ0) is 15.3. The topological polar surface area (TPSA) is 98.7 Å². The Morgan fingerprint density at radius 1 is 1.25 bits per heavy atom. The second kappa shape index (κ2) is 7.12. The maximum atomic E-state index is 12.1. The summed E-state index contributed by atoms with van der Waals surface area (Å²) in [6.07, 6.45) is 1.86. The number of amides is 3. The van der Waals surface area contributed by atoms with Crippen molar-refractivity contribution in [3.63, 3.8) is 0 Å². The Hall–Kier alpha value is -1.79. The molecule has 1 unspecified atom stereocenters. The van der Waals surface area contributed by atoms with Crippen LogP contribution in [0.5, 0.6) is 0 Å². The highest BCUT2D eigenvalue weighted by molar-refractivity contribution is 5.87. The fraction of sp³-hybridized carbons (Fsp3) is 0.769. The van der Waals surface area contributed by atoms with Crippen LogP contribution in [0.1, 0.15) is 40.0 Å². The third kappa shape index (κ3) is 5.46. The molecule has 0 heterocycles. The average Bonchev–Trinajstić information content (AvgIpc) is 3.11. The molecule has 0 aliphatic heterocycles. The molecule has 1 saturated carbocycles. The van der Waals surface area contributed by atoms with Gasteiger partial charge in [0.2, 0.25) is 5.91 Å². The number of hydrogen-bond donors (Lipinski definition) is 3. The van der Waals surface area contributed by atoms with E-state index in [9.17, 15) is 14.4 Å². The molecule has 20 heavy (non-hydrogen) atoms. The van der Waals surface area contributed by atoms with Crippen LogP contribution in [0.25, 0.3) is 0 Å². The van der Waals surface area contributed by atoms with Gasteiger partial charge in [-0.15, -0.1) is 0 Å². The first-order valence-electron chi connectivity index (χ1n) is 6.90. The van der Waals surface area contributed by atoms with Gasteiger partial charge in [-0.2, -0.15) is 0 Å². The Kier molecular flexibility index (Phi) is 5.79. The largest absolute Gasteiger partial charge is 0.481 e. The Labute approximate surface area is 118 Å². The number of carbonyl (C=O) groups is 3. The minimum atomic E-state index is -0.956. The molecule has 0 aromatic rings. The van der Waals surface area contributed by atoms with Crippen LogP contribution in [-0.4, -0.2) is 52.6 Å². The number of rotatable bonds is 7. The fourth-order valence-electron chi connectivity index (χ4n) is 1.70. The second-order valence-corrected chi connectivity index (χ2v) is 5.38. The minimum Gasteiger partial charge on any atom is -0.481 e. The molecule has 7 heteroatoms. The van der Waals surface area contributed by atoms with Gasteiger partial charge >= 0.3 is 12.0 Å². The maximum absolute atomic E-state index is 12.1. The molecule has 1 aliphatic rings. The number of aliphatic carboxylic acids is 1. The van der Waals surface area contributed by atoms with Gasteiger partial charge in [0.05, 0.1) is 6.42 Å². The van der Waals surface area contributed by atoms with Crippen LogP contribution in [0, 0.1) is 0 Å². The van der Waals surface area contributed by atoms with Crippen LogP contribution in [0.3, 0.4) is 0 Å². The third-order valence-electron chi connectivity index (χ3n) is 3.11. The minimum absolute atomic E-state index is 0.117. The summed E-state index contributed by atoms with van der Waals surface area (Å²) in [5, 5.41) is 14.1. The van der Waals surface area contributed by atoms with E-state index < -0.39 is 18.0 Å². The first-order valence-corrected chi connectivity index (χ1v) is 6.90. The van der Waals surface area contributed by atoms with E-state index in [1.807, 2.05) is 0 Å². The summed E-state index contributed by atoms with van der Waals surface area (Å²) in [6, 6.07) is -0.933. The number of nitrogens with zero attached hydrogens (tertiary/aromatic N) is 1. The van der Waals surface area contributed by atoms with Gasteiger partial charge in [-0.25, -0.2) is 4.79 Å². The van der Waals surface area contributed by atoms with E-state index in [-0.39, 0.29) is 31.0 Å². The number of urea groups is 1. The molecule has 0 radical (unpaired) electrons. The number of carboxylic acids is 1. The van der Waals surface area contributed by atoms with Gasteiger partial charge in [0.15, 0.2) is 0 Å². The molecule has 1 fully saturated rings. The molecule has 0 aromatic carbocycles. The molecule has 3 N–H and O–H groups in total. The van der Waals surface area contributed by atoms with Crippen molar-refractivity contribution < 1.29 is 19.5 Å². The summed E-state index contributed by atoms with van der Waals surface area (Å²) >= 11 is 0. The highest BCUT2D eigenvalue weighted by Crippen LogP contribution is 2.18. The summed E-state index contributed by atoms with van der Waals surface area (Å²) in [5.41, 5.74) is 0. The van der Waals surface area contributed by atoms with E-state index in [2.05, 4.69) is 10.6 Å². The SMILES string of the molecule is CC(NC(=O)N(CCC(=O)O)C(C)C)C(=O)NC1CC1. The lowest BCUT2D eigenvalue weighted by atomic mass is 10.2. The summed E-state index contributed by atoms with van der Waals surface area (Å²) < 4.78 is 0. The Morgan fingerprint density at radius 3 is 2.30 bits per heavy atom. The van der Waals surface area contributed by atoms with Crippen molar-refractivity contribution in [2.45, 2.75) is 58.2 Å². The molecule has 0 bridgehead atoms. The third-order valence-corrected chi connectivity index (χ3v) is 3.11. The Balaban J connectivity index is 2.46. The van der Waals surface area contributed by atoms with Gasteiger partial charge in [0.25, 0.3) is 0 Å². The Bertz CT molecular complexity index is 380. The van der Waals surface area contributed by atoms with Crippen LogP contribution in [0.2, 0.25) is 0 Å². The van der Waals surface area contributed by atoms with E-state index in [0.717, 1.165) is 12.8 Å². The molecular formula is C13H23N3O4. The monoisotopic (exact) mass is 285 g/mol. The van der Waals surface area contributed by atoms with Gasteiger partial charge in [0.1, 0.15) is 6.04 Å². The molecule has 3 amide bonds. The zero-order valence-corrected chi connectivity index (χ0v) is 12.2. The van der Waals surface area contributed by atoms with Gasteiger partial charge in [0, 0.05) is 18.6 Å². The van der Waals surface area contributed by atoms with Crippen molar-refractivity contribution in [2.75, 3.05) is 6.54 Å². The van der Waals surface area contributed by atoms with Crippen LogP contribution >= 0.6 is 0 Å². The summed E-state index contributed by atoms with van der Waals surface area (Å²) in [4.78, 5) is 35.8. The second-order valence-electron chi connectivity index (χ2n) is 5.38. The first kappa shape index (κ1) is 16.3. The molecule has 1 aliphatic carbocycles. The van der Waals surface area contributed by atoms with E-state index in [4.69, 9.17) is 5.11 Å². The normalized spacial score (nSPS) is 15.6. The van der Waals surface area contributed by atoms with Crippen LogP contribution in [-0.2, 0) is 9.59 Å². The van der Waals surface area contributed by atoms with Crippen molar-refractivity contribution in [1.82, 2.24) is 15.5 Å². The average molecular weight is 285 g/mol. The molecule has 0 spiro atoms. The maximum Gasteiger partial charge on any atom is 0.318 e. The predicted molar refractivity (Wildman–Crippen MR) is 73.3 cm³/mol. The summed E-state index contributed by atoms with van der Waals surface area (Å²) in [7, 11) is 0. The molecule has 0 aromatic heterocycles. The zero-order valence-electron chi connectivity index (χ0n) is 12.2. The number of nitrogens with one attached hydrogen (secondary N) is 2. The molecule has 1 rings (SSSR count). The number of carboxylic acid groups (broad SMARTS) is 1. The number of carbonyl (C=O) groups excluding carboxylic acids is 2. The lowest BCUT2D eigenvalue weighted by molar-refractivity contribution is -0.137.